The number of carbonyl (C=O) groups excluding carboxylic acids is 3. The summed E-state index contributed by atoms with van der Waals surface area (Å²) in [6.07, 6.45) is 1.35. The molecular weight excluding hydrogens is 370 g/mol. The lowest BCUT2D eigenvalue weighted by atomic mass is 10.1. The first-order chi connectivity index (χ1) is 14.0. The fraction of sp³-hybridized carbons (Fsp3) is 0.273. The minimum atomic E-state index is -1.04. The molecule has 0 aromatic heterocycles. The van der Waals surface area contributed by atoms with Crippen LogP contribution in [0.5, 0.6) is 0 Å². The molecule has 0 spiro atoms. The molecule has 0 aliphatic carbocycles. The van der Waals surface area contributed by atoms with Crippen molar-refractivity contribution in [2.75, 3.05) is 16.8 Å². The number of carbonyl (C=O) groups is 3. The summed E-state index contributed by atoms with van der Waals surface area (Å²) in [5.74, 6) is -1.09. The molecule has 1 atom stereocenters. The van der Waals surface area contributed by atoms with E-state index in [0.29, 0.717) is 24.2 Å². The minimum Gasteiger partial charge on any atom is -0.449 e. The highest BCUT2D eigenvalue weighted by Gasteiger charge is 2.22. The Bertz CT molecular complexity index is 963. The molecule has 7 heteroatoms. The van der Waals surface area contributed by atoms with Crippen LogP contribution in [0.2, 0.25) is 0 Å². The lowest BCUT2D eigenvalue weighted by Gasteiger charge is -2.26. The van der Waals surface area contributed by atoms with Crippen molar-refractivity contribution in [3.63, 3.8) is 0 Å². The number of piperidine rings is 1. The molecule has 1 heterocycles. The van der Waals surface area contributed by atoms with Crippen molar-refractivity contribution >= 4 is 29.2 Å². The number of nitrogens with zero attached hydrogens (tertiary/aromatic N) is 2. The average Bonchev–Trinajstić information content (AvgIpc) is 2.74. The zero-order chi connectivity index (χ0) is 20.8. The van der Waals surface area contributed by atoms with Gasteiger partial charge in [0.1, 0.15) is 6.07 Å². The van der Waals surface area contributed by atoms with E-state index in [-0.39, 0.29) is 11.5 Å². The quantitative estimate of drug-likeness (QED) is 0.789. The largest absolute Gasteiger partial charge is 0.449 e. The van der Waals surface area contributed by atoms with Crippen LogP contribution in [0.4, 0.5) is 11.4 Å². The Labute approximate surface area is 168 Å². The van der Waals surface area contributed by atoms with Crippen LogP contribution in [0.3, 0.4) is 0 Å². The van der Waals surface area contributed by atoms with E-state index in [1.165, 1.54) is 6.92 Å². The predicted molar refractivity (Wildman–Crippen MR) is 107 cm³/mol. The third-order valence-corrected chi connectivity index (χ3v) is 4.70. The highest BCUT2D eigenvalue weighted by molar-refractivity contribution is 5.98. The third-order valence-electron chi connectivity index (χ3n) is 4.70. The van der Waals surface area contributed by atoms with Crippen LogP contribution in [-0.4, -0.2) is 30.4 Å². The monoisotopic (exact) mass is 391 g/mol. The second kappa shape index (κ2) is 9.02. The van der Waals surface area contributed by atoms with E-state index in [2.05, 4.69) is 5.32 Å². The van der Waals surface area contributed by atoms with Gasteiger partial charge in [-0.25, -0.2) is 4.79 Å². The van der Waals surface area contributed by atoms with Gasteiger partial charge in [-0.05, 0) is 56.2 Å². The zero-order valence-electron chi connectivity index (χ0n) is 16.1. The summed E-state index contributed by atoms with van der Waals surface area (Å²) in [5, 5.41) is 11.7. The standard InChI is InChI=1S/C22H21N3O4/c1-15(21(27)24-19-7-3-2-6-17(19)14-23)29-22(28)16-9-11-18(12-10-16)25-13-5-4-8-20(25)26/h2-3,6-7,9-12,15H,4-5,8,13H2,1H3,(H,24,27)/t15-/m0/s1. The molecule has 0 saturated carbocycles. The van der Waals surface area contributed by atoms with E-state index < -0.39 is 18.0 Å². The fourth-order valence-corrected chi connectivity index (χ4v) is 3.06. The van der Waals surface area contributed by atoms with Crippen molar-refractivity contribution in [1.29, 1.82) is 5.26 Å². The van der Waals surface area contributed by atoms with Crippen LogP contribution >= 0.6 is 0 Å². The number of rotatable bonds is 5. The second-order valence-electron chi connectivity index (χ2n) is 6.74. The first-order valence-corrected chi connectivity index (χ1v) is 9.41. The van der Waals surface area contributed by atoms with E-state index in [9.17, 15) is 14.4 Å². The Morgan fingerprint density at radius 2 is 1.86 bits per heavy atom. The molecule has 1 fully saturated rings. The topological polar surface area (TPSA) is 99.5 Å². The van der Waals surface area contributed by atoms with Crippen LogP contribution < -0.4 is 10.2 Å². The van der Waals surface area contributed by atoms with Gasteiger partial charge in [-0.3, -0.25) is 9.59 Å². The van der Waals surface area contributed by atoms with E-state index in [1.54, 1.807) is 53.4 Å². The molecule has 1 aliphatic heterocycles. The SMILES string of the molecule is C[C@H](OC(=O)c1ccc(N2CCCCC2=O)cc1)C(=O)Nc1ccccc1C#N. The molecule has 1 saturated heterocycles. The van der Waals surface area contributed by atoms with Crippen LogP contribution in [0, 0.1) is 11.3 Å². The van der Waals surface area contributed by atoms with Crippen molar-refractivity contribution in [3.8, 4) is 6.07 Å². The van der Waals surface area contributed by atoms with E-state index in [0.717, 1.165) is 18.5 Å². The first kappa shape index (κ1) is 20.1. The van der Waals surface area contributed by atoms with Crippen molar-refractivity contribution in [2.24, 2.45) is 0 Å². The van der Waals surface area contributed by atoms with Gasteiger partial charge in [-0.15, -0.1) is 0 Å². The second-order valence-corrected chi connectivity index (χ2v) is 6.74. The van der Waals surface area contributed by atoms with Gasteiger partial charge < -0.3 is 15.0 Å². The normalized spacial score (nSPS) is 14.6. The number of ether oxygens (including phenoxy) is 1. The van der Waals surface area contributed by atoms with Crippen molar-refractivity contribution in [1.82, 2.24) is 0 Å². The molecule has 2 aromatic rings. The lowest BCUT2D eigenvalue weighted by Crippen LogP contribution is -2.35. The van der Waals surface area contributed by atoms with Gasteiger partial charge in [0, 0.05) is 18.7 Å². The molecule has 0 unspecified atom stereocenters. The average molecular weight is 391 g/mol. The molecule has 7 nitrogen and oxygen atoms in total. The number of hydrogen-bond donors (Lipinski definition) is 1. The van der Waals surface area contributed by atoms with Gasteiger partial charge in [0.15, 0.2) is 6.10 Å². The summed E-state index contributed by atoms with van der Waals surface area (Å²) < 4.78 is 5.24. The number of amides is 2. The number of nitriles is 1. The van der Waals surface area contributed by atoms with E-state index in [1.807, 2.05) is 6.07 Å². The first-order valence-electron chi connectivity index (χ1n) is 9.41. The number of anilines is 2. The number of hydrogen-bond acceptors (Lipinski definition) is 5. The fourth-order valence-electron chi connectivity index (χ4n) is 3.06. The minimum absolute atomic E-state index is 0.0783. The Morgan fingerprint density at radius 3 is 2.55 bits per heavy atom. The molecule has 3 rings (SSSR count). The molecule has 29 heavy (non-hydrogen) atoms. The molecule has 2 amide bonds. The van der Waals surface area contributed by atoms with Crippen LogP contribution in [0.1, 0.15) is 42.1 Å². The maximum absolute atomic E-state index is 12.4. The molecule has 0 radical (unpaired) electrons. The van der Waals surface area contributed by atoms with Gasteiger partial charge in [-0.1, -0.05) is 12.1 Å². The highest BCUT2D eigenvalue weighted by Crippen LogP contribution is 2.22. The summed E-state index contributed by atoms with van der Waals surface area (Å²) in [6.45, 7) is 2.13. The van der Waals surface area contributed by atoms with Crippen LogP contribution in [0.25, 0.3) is 0 Å². The zero-order valence-corrected chi connectivity index (χ0v) is 16.1. The van der Waals surface area contributed by atoms with Gasteiger partial charge in [0.2, 0.25) is 5.91 Å². The van der Waals surface area contributed by atoms with Gasteiger partial charge in [0.25, 0.3) is 5.91 Å². The Balaban J connectivity index is 1.61. The van der Waals surface area contributed by atoms with Crippen molar-refractivity contribution in [2.45, 2.75) is 32.3 Å². The third kappa shape index (κ3) is 4.79. The lowest BCUT2D eigenvalue weighted by molar-refractivity contribution is -0.123. The molecular formula is C22H21N3O4. The summed E-state index contributed by atoms with van der Waals surface area (Å²) in [4.78, 5) is 38.4. The molecule has 1 N–H and O–H groups in total. The van der Waals surface area contributed by atoms with Gasteiger partial charge in [0.05, 0.1) is 16.8 Å². The van der Waals surface area contributed by atoms with Gasteiger partial charge >= 0.3 is 5.97 Å². The Hall–Kier alpha value is -3.66. The number of para-hydroxylation sites is 1. The predicted octanol–water partition coefficient (Wildman–Crippen LogP) is 3.26. The summed E-state index contributed by atoms with van der Waals surface area (Å²) in [5.41, 5.74) is 1.71. The Morgan fingerprint density at radius 1 is 1.14 bits per heavy atom. The van der Waals surface area contributed by atoms with Gasteiger partial charge in [-0.2, -0.15) is 5.26 Å². The smallest absolute Gasteiger partial charge is 0.338 e. The van der Waals surface area contributed by atoms with Crippen LogP contribution in [-0.2, 0) is 14.3 Å². The van der Waals surface area contributed by atoms with Crippen molar-refractivity contribution in [3.05, 3.63) is 59.7 Å². The molecule has 1 aliphatic rings. The van der Waals surface area contributed by atoms with Crippen LogP contribution in [0.15, 0.2) is 48.5 Å². The maximum Gasteiger partial charge on any atom is 0.338 e. The summed E-state index contributed by atoms with van der Waals surface area (Å²) >= 11 is 0. The summed E-state index contributed by atoms with van der Waals surface area (Å²) in [7, 11) is 0. The summed E-state index contributed by atoms with van der Waals surface area (Å²) in [6, 6.07) is 15.1. The van der Waals surface area contributed by atoms with E-state index >= 15 is 0 Å². The molecule has 0 bridgehead atoms. The number of nitrogens with one attached hydrogen (secondary N) is 1. The van der Waals surface area contributed by atoms with Crippen molar-refractivity contribution < 1.29 is 19.1 Å². The Kier molecular flexibility index (Phi) is 6.25. The number of benzene rings is 2. The maximum atomic E-state index is 12.4. The van der Waals surface area contributed by atoms with E-state index in [4.69, 9.17) is 10.00 Å². The molecule has 148 valence electrons. The number of esters is 1. The highest BCUT2D eigenvalue weighted by atomic mass is 16.5. The molecule has 2 aromatic carbocycles.